The van der Waals surface area contributed by atoms with E-state index in [0.717, 1.165) is 11.1 Å². The molecule has 1 N–H and O–H groups in total. The fourth-order valence-electron chi connectivity index (χ4n) is 2.93. The zero-order valence-electron chi connectivity index (χ0n) is 16.2. The van der Waals surface area contributed by atoms with Gasteiger partial charge in [0.25, 0.3) is 5.91 Å². The van der Waals surface area contributed by atoms with Gasteiger partial charge in [0, 0.05) is 23.7 Å². The van der Waals surface area contributed by atoms with Crippen molar-refractivity contribution in [3.05, 3.63) is 59.4 Å². The van der Waals surface area contributed by atoms with E-state index in [2.05, 4.69) is 10.5 Å². The van der Waals surface area contributed by atoms with E-state index in [1.165, 1.54) is 0 Å². The number of aromatic nitrogens is 1. The maximum Gasteiger partial charge on any atom is 0.257 e. The van der Waals surface area contributed by atoms with Crippen molar-refractivity contribution in [2.75, 3.05) is 21.3 Å². The second kappa shape index (κ2) is 8.47. The average Bonchev–Trinajstić information content (AvgIpc) is 3.13. The standard InChI is InChI=1S/C21H22N2O5/c1-13-19(20(23-28-13)14-8-6-5-7-9-14)21(24)22-12-15-10-17(26-3)18(27-4)11-16(15)25-2/h5-11H,12H2,1-4H3,(H,22,24). The van der Waals surface area contributed by atoms with Crippen LogP contribution in [0, 0.1) is 6.92 Å². The summed E-state index contributed by atoms with van der Waals surface area (Å²) in [5.74, 6) is 1.86. The minimum atomic E-state index is -0.283. The average molecular weight is 382 g/mol. The summed E-state index contributed by atoms with van der Waals surface area (Å²) in [6, 6.07) is 12.9. The van der Waals surface area contributed by atoms with Gasteiger partial charge in [-0.2, -0.15) is 0 Å². The van der Waals surface area contributed by atoms with Gasteiger partial charge in [0.2, 0.25) is 0 Å². The number of carbonyl (C=O) groups is 1. The molecule has 0 spiro atoms. The van der Waals surface area contributed by atoms with Crippen molar-refractivity contribution < 1.29 is 23.5 Å². The van der Waals surface area contributed by atoms with E-state index in [4.69, 9.17) is 18.7 Å². The van der Waals surface area contributed by atoms with Gasteiger partial charge in [-0.3, -0.25) is 4.79 Å². The second-order valence-corrected chi connectivity index (χ2v) is 6.03. The zero-order valence-corrected chi connectivity index (χ0v) is 16.2. The molecule has 0 aliphatic heterocycles. The lowest BCUT2D eigenvalue weighted by Crippen LogP contribution is -2.24. The fourth-order valence-corrected chi connectivity index (χ4v) is 2.93. The number of aryl methyl sites for hydroxylation is 1. The highest BCUT2D eigenvalue weighted by Crippen LogP contribution is 2.34. The van der Waals surface area contributed by atoms with E-state index in [1.54, 1.807) is 40.4 Å². The smallest absolute Gasteiger partial charge is 0.257 e. The van der Waals surface area contributed by atoms with Crippen molar-refractivity contribution in [3.63, 3.8) is 0 Å². The van der Waals surface area contributed by atoms with Crippen molar-refractivity contribution in [3.8, 4) is 28.5 Å². The van der Waals surface area contributed by atoms with Crippen LogP contribution in [0.25, 0.3) is 11.3 Å². The number of rotatable bonds is 7. The minimum absolute atomic E-state index is 0.237. The monoisotopic (exact) mass is 382 g/mol. The topological polar surface area (TPSA) is 82.8 Å². The van der Waals surface area contributed by atoms with Gasteiger partial charge in [-0.15, -0.1) is 0 Å². The van der Waals surface area contributed by atoms with Gasteiger partial charge < -0.3 is 24.1 Å². The van der Waals surface area contributed by atoms with E-state index in [1.807, 2.05) is 30.3 Å². The van der Waals surface area contributed by atoms with Crippen molar-refractivity contribution in [1.82, 2.24) is 10.5 Å². The van der Waals surface area contributed by atoms with Crippen LogP contribution in [0.2, 0.25) is 0 Å². The first kappa shape index (κ1) is 19.3. The first-order valence-electron chi connectivity index (χ1n) is 8.67. The third kappa shape index (κ3) is 3.78. The molecule has 3 rings (SSSR count). The minimum Gasteiger partial charge on any atom is -0.496 e. The third-order valence-corrected chi connectivity index (χ3v) is 4.36. The number of methoxy groups -OCH3 is 3. The molecule has 0 fully saturated rings. The lowest BCUT2D eigenvalue weighted by molar-refractivity contribution is 0.0949. The Morgan fingerprint density at radius 2 is 1.64 bits per heavy atom. The Balaban J connectivity index is 1.85. The van der Waals surface area contributed by atoms with Crippen LogP contribution in [0.15, 0.2) is 47.0 Å². The van der Waals surface area contributed by atoms with Crippen LogP contribution in [0.4, 0.5) is 0 Å². The summed E-state index contributed by atoms with van der Waals surface area (Å²) in [7, 11) is 4.67. The molecular weight excluding hydrogens is 360 g/mol. The van der Waals surface area contributed by atoms with E-state index in [-0.39, 0.29) is 12.5 Å². The van der Waals surface area contributed by atoms with Crippen molar-refractivity contribution in [1.29, 1.82) is 0 Å². The predicted octanol–water partition coefficient (Wildman–Crippen LogP) is 3.61. The number of carbonyl (C=O) groups excluding carboxylic acids is 1. The first-order chi connectivity index (χ1) is 13.6. The first-order valence-corrected chi connectivity index (χ1v) is 8.67. The van der Waals surface area contributed by atoms with Crippen molar-refractivity contribution in [2.45, 2.75) is 13.5 Å². The SMILES string of the molecule is COc1cc(OC)c(OC)cc1CNC(=O)c1c(-c2ccccc2)noc1C. The number of hydrogen-bond donors (Lipinski definition) is 1. The molecule has 28 heavy (non-hydrogen) atoms. The maximum absolute atomic E-state index is 12.9. The Kier molecular flexibility index (Phi) is 5.84. The molecular formula is C21H22N2O5. The molecule has 0 unspecified atom stereocenters. The summed E-state index contributed by atoms with van der Waals surface area (Å²) in [6.07, 6.45) is 0. The lowest BCUT2D eigenvalue weighted by atomic mass is 10.1. The molecule has 0 saturated heterocycles. The van der Waals surface area contributed by atoms with Crippen LogP contribution in [0.5, 0.6) is 17.2 Å². The van der Waals surface area contributed by atoms with Gasteiger partial charge in [-0.1, -0.05) is 35.5 Å². The molecule has 0 aliphatic carbocycles. The Morgan fingerprint density at radius 1 is 1.00 bits per heavy atom. The van der Waals surface area contributed by atoms with Gasteiger partial charge >= 0.3 is 0 Å². The summed E-state index contributed by atoms with van der Waals surface area (Å²) >= 11 is 0. The highest BCUT2D eigenvalue weighted by Gasteiger charge is 2.22. The van der Waals surface area contributed by atoms with E-state index in [9.17, 15) is 4.79 Å². The fraction of sp³-hybridized carbons (Fsp3) is 0.238. The summed E-state index contributed by atoms with van der Waals surface area (Å²) in [5, 5.41) is 6.95. The molecule has 0 bridgehead atoms. The van der Waals surface area contributed by atoms with Crippen LogP contribution >= 0.6 is 0 Å². The largest absolute Gasteiger partial charge is 0.496 e. The molecule has 2 aromatic carbocycles. The van der Waals surface area contributed by atoms with Crippen LogP contribution in [0.3, 0.4) is 0 Å². The number of hydrogen-bond acceptors (Lipinski definition) is 6. The summed E-state index contributed by atoms with van der Waals surface area (Å²) in [5.41, 5.74) is 2.48. The Bertz CT molecular complexity index is 966. The van der Waals surface area contributed by atoms with Crippen LogP contribution < -0.4 is 19.5 Å². The molecule has 7 nitrogen and oxygen atoms in total. The Labute approximate surface area is 163 Å². The van der Waals surface area contributed by atoms with Crippen molar-refractivity contribution >= 4 is 5.91 Å². The predicted molar refractivity (Wildman–Crippen MR) is 104 cm³/mol. The van der Waals surface area contributed by atoms with Gasteiger partial charge in [0.05, 0.1) is 21.3 Å². The number of benzene rings is 2. The zero-order chi connectivity index (χ0) is 20.1. The molecule has 7 heteroatoms. The normalized spacial score (nSPS) is 10.4. The molecule has 1 amide bonds. The molecule has 146 valence electrons. The van der Waals surface area contributed by atoms with E-state index < -0.39 is 0 Å². The van der Waals surface area contributed by atoms with Gasteiger partial charge in [-0.25, -0.2) is 0 Å². The maximum atomic E-state index is 12.9. The Morgan fingerprint density at radius 3 is 2.29 bits per heavy atom. The summed E-state index contributed by atoms with van der Waals surface area (Å²) in [4.78, 5) is 12.9. The van der Waals surface area contributed by atoms with Crippen LogP contribution in [-0.2, 0) is 6.54 Å². The highest BCUT2D eigenvalue weighted by atomic mass is 16.5. The van der Waals surface area contributed by atoms with Crippen molar-refractivity contribution in [2.24, 2.45) is 0 Å². The molecule has 1 aromatic heterocycles. The summed E-state index contributed by atoms with van der Waals surface area (Å²) in [6.45, 7) is 1.95. The number of ether oxygens (including phenoxy) is 3. The molecule has 0 saturated carbocycles. The highest BCUT2D eigenvalue weighted by molar-refractivity contribution is 6.00. The van der Waals surface area contributed by atoms with Gasteiger partial charge in [-0.05, 0) is 13.0 Å². The quantitative estimate of drug-likeness (QED) is 0.672. The molecule has 0 atom stereocenters. The van der Waals surface area contributed by atoms with Crippen LogP contribution in [-0.4, -0.2) is 32.4 Å². The third-order valence-electron chi connectivity index (χ3n) is 4.36. The van der Waals surface area contributed by atoms with Crippen LogP contribution in [0.1, 0.15) is 21.7 Å². The summed E-state index contributed by atoms with van der Waals surface area (Å²) < 4.78 is 21.3. The van der Waals surface area contributed by atoms with Gasteiger partial charge in [0.1, 0.15) is 22.8 Å². The second-order valence-electron chi connectivity index (χ2n) is 6.03. The molecule has 0 radical (unpaired) electrons. The molecule has 3 aromatic rings. The Hall–Kier alpha value is -3.48. The molecule has 0 aliphatic rings. The number of nitrogens with one attached hydrogen (secondary N) is 1. The van der Waals surface area contributed by atoms with E-state index in [0.29, 0.717) is 34.3 Å². The van der Waals surface area contributed by atoms with E-state index >= 15 is 0 Å². The lowest BCUT2D eigenvalue weighted by Gasteiger charge is -2.14. The van der Waals surface area contributed by atoms with Gasteiger partial charge in [0.15, 0.2) is 11.5 Å². The molecule has 1 heterocycles. The number of nitrogens with zero attached hydrogens (tertiary/aromatic N) is 1. The number of amides is 1.